The second kappa shape index (κ2) is 8.65. The molecule has 142 valence electrons. The number of morpholine rings is 1. The first-order valence-corrected chi connectivity index (χ1v) is 7.74. The molecule has 0 saturated carbocycles. The van der Waals surface area contributed by atoms with Gasteiger partial charge in [0, 0.05) is 18.7 Å². The monoisotopic (exact) mass is 374 g/mol. The number of nitrogens with zero attached hydrogens (tertiary/aromatic N) is 1. The highest BCUT2D eigenvalue weighted by molar-refractivity contribution is 5.96. The molecular weight excluding hydrogens is 357 g/mol. The van der Waals surface area contributed by atoms with Gasteiger partial charge in [0.1, 0.15) is 6.54 Å². The van der Waals surface area contributed by atoms with E-state index in [1.165, 1.54) is 4.90 Å². The summed E-state index contributed by atoms with van der Waals surface area (Å²) in [5, 5.41) is 2.22. The van der Waals surface area contributed by atoms with E-state index in [4.69, 9.17) is 9.47 Å². The molecule has 0 unspecified atom stereocenters. The summed E-state index contributed by atoms with van der Waals surface area (Å²) in [5.41, 5.74) is -0.912. The molecule has 1 aromatic carbocycles. The summed E-state index contributed by atoms with van der Waals surface area (Å²) in [6.07, 6.45) is -4.49. The van der Waals surface area contributed by atoms with Crippen molar-refractivity contribution in [2.24, 2.45) is 0 Å². The van der Waals surface area contributed by atoms with Crippen LogP contribution in [0.25, 0.3) is 0 Å². The Morgan fingerprint density at radius 3 is 2.31 bits per heavy atom. The summed E-state index contributed by atoms with van der Waals surface area (Å²) in [5.74, 6) is -1.92. The van der Waals surface area contributed by atoms with Gasteiger partial charge in [-0.15, -0.1) is 0 Å². The lowest BCUT2D eigenvalue weighted by Gasteiger charge is -2.26. The number of benzene rings is 1. The number of halogens is 3. The molecule has 0 atom stereocenters. The topological polar surface area (TPSA) is 84.9 Å². The Hall–Kier alpha value is -2.62. The molecular formula is C16H17F3N2O5. The first kappa shape index (κ1) is 19.7. The van der Waals surface area contributed by atoms with E-state index in [0.717, 1.165) is 24.3 Å². The van der Waals surface area contributed by atoms with Crippen LogP contribution >= 0.6 is 0 Å². The summed E-state index contributed by atoms with van der Waals surface area (Å²) in [7, 11) is 0. The fraction of sp³-hybridized carbons (Fsp3) is 0.438. The first-order chi connectivity index (χ1) is 12.3. The van der Waals surface area contributed by atoms with Crippen molar-refractivity contribution < 1.29 is 37.0 Å². The second-order valence-corrected chi connectivity index (χ2v) is 5.41. The molecule has 0 bridgehead atoms. The normalized spacial score (nSPS) is 14.7. The molecule has 1 N–H and O–H groups in total. The van der Waals surface area contributed by atoms with Gasteiger partial charge in [-0.3, -0.25) is 14.4 Å². The van der Waals surface area contributed by atoms with Crippen LogP contribution in [-0.2, 0) is 25.2 Å². The Bertz CT molecular complexity index is 655. The smallest absolute Gasteiger partial charge is 0.416 e. The van der Waals surface area contributed by atoms with E-state index >= 15 is 0 Å². The lowest BCUT2D eigenvalue weighted by atomic mass is 10.1. The van der Waals surface area contributed by atoms with Crippen LogP contribution in [0, 0.1) is 0 Å². The zero-order chi connectivity index (χ0) is 19.2. The first-order valence-electron chi connectivity index (χ1n) is 7.74. The number of carbonyl (C=O) groups is 3. The van der Waals surface area contributed by atoms with Crippen molar-refractivity contribution in [3.8, 4) is 0 Å². The van der Waals surface area contributed by atoms with Gasteiger partial charge < -0.3 is 19.7 Å². The molecule has 1 aromatic rings. The number of ether oxygens (including phenoxy) is 2. The van der Waals surface area contributed by atoms with E-state index in [2.05, 4.69) is 5.32 Å². The van der Waals surface area contributed by atoms with E-state index in [1.807, 2.05) is 0 Å². The van der Waals surface area contributed by atoms with Gasteiger partial charge in [-0.05, 0) is 24.3 Å². The summed E-state index contributed by atoms with van der Waals surface area (Å²) in [6, 6.07) is 3.55. The summed E-state index contributed by atoms with van der Waals surface area (Å²) >= 11 is 0. The zero-order valence-electron chi connectivity index (χ0n) is 13.7. The molecule has 0 aromatic heterocycles. The van der Waals surface area contributed by atoms with Gasteiger partial charge in [0.25, 0.3) is 11.8 Å². The SMILES string of the molecule is O=C(CNC(=O)c1ccc(C(F)(F)F)cc1)OCC(=O)N1CCOCC1. The van der Waals surface area contributed by atoms with Crippen LogP contribution in [-0.4, -0.2) is 62.1 Å². The van der Waals surface area contributed by atoms with Crippen molar-refractivity contribution in [1.82, 2.24) is 10.2 Å². The lowest BCUT2D eigenvalue weighted by molar-refractivity contribution is -0.152. The average Bonchev–Trinajstić information content (AvgIpc) is 2.64. The Morgan fingerprint density at radius 2 is 1.73 bits per heavy atom. The van der Waals surface area contributed by atoms with Crippen LogP contribution in [0.4, 0.5) is 13.2 Å². The minimum atomic E-state index is -4.49. The molecule has 2 amide bonds. The zero-order valence-corrected chi connectivity index (χ0v) is 13.7. The van der Waals surface area contributed by atoms with Gasteiger partial charge in [-0.2, -0.15) is 13.2 Å². The molecule has 0 spiro atoms. The number of rotatable bonds is 5. The number of hydrogen-bond donors (Lipinski definition) is 1. The third kappa shape index (κ3) is 5.73. The van der Waals surface area contributed by atoms with Crippen LogP contribution < -0.4 is 5.32 Å². The number of nitrogens with one attached hydrogen (secondary N) is 1. The number of hydrogen-bond acceptors (Lipinski definition) is 5. The number of amides is 2. The third-order valence-corrected chi connectivity index (χ3v) is 3.59. The van der Waals surface area contributed by atoms with E-state index in [-0.39, 0.29) is 11.5 Å². The van der Waals surface area contributed by atoms with Crippen molar-refractivity contribution in [3.63, 3.8) is 0 Å². The minimum absolute atomic E-state index is 0.0322. The van der Waals surface area contributed by atoms with Crippen molar-refractivity contribution in [2.75, 3.05) is 39.5 Å². The molecule has 10 heteroatoms. The molecule has 1 aliphatic heterocycles. The molecule has 1 heterocycles. The highest BCUT2D eigenvalue weighted by Gasteiger charge is 2.30. The standard InChI is InChI=1S/C16H17F3N2O5/c17-16(18,19)12-3-1-11(2-4-12)15(24)20-9-14(23)26-10-13(22)21-5-7-25-8-6-21/h1-4H,5-10H2,(H,20,24). The maximum absolute atomic E-state index is 12.5. The highest BCUT2D eigenvalue weighted by atomic mass is 19.4. The Morgan fingerprint density at radius 1 is 1.12 bits per heavy atom. The lowest BCUT2D eigenvalue weighted by Crippen LogP contribution is -2.43. The number of alkyl halides is 3. The Kier molecular flexibility index (Phi) is 6.56. The molecule has 0 aliphatic carbocycles. The molecule has 1 fully saturated rings. The summed E-state index contributed by atoms with van der Waals surface area (Å²) < 4.78 is 47.2. The van der Waals surface area contributed by atoms with E-state index < -0.39 is 36.8 Å². The van der Waals surface area contributed by atoms with Crippen LogP contribution in [0.1, 0.15) is 15.9 Å². The van der Waals surface area contributed by atoms with Gasteiger partial charge in [-0.1, -0.05) is 0 Å². The number of esters is 1. The van der Waals surface area contributed by atoms with E-state index in [9.17, 15) is 27.6 Å². The maximum Gasteiger partial charge on any atom is 0.416 e. The fourth-order valence-electron chi connectivity index (χ4n) is 2.16. The van der Waals surface area contributed by atoms with E-state index in [1.54, 1.807) is 0 Å². The summed E-state index contributed by atoms with van der Waals surface area (Å²) in [6.45, 7) is 0.721. The van der Waals surface area contributed by atoms with E-state index in [0.29, 0.717) is 26.3 Å². The largest absolute Gasteiger partial charge is 0.454 e. The van der Waals surface area contributed by atoms with Crippen molar-refractivity contribution >= 4 is 17.8 Å². The third-order valence-electron chi connectivity index (χ3n) is 3.59. The molecule has 2 rings (SSSR count). The fourth-order valence-corrected chi connectivity index (χ4v) is 2.16. The van der Waals surface area contributed by atoms with Crippen molar-refractivity contribution in [2.45, 2.75) is 6.18 Å². The predicted molar refractivity (Wildman–Crippen MR) is 82.1 cm³/mol. The molecule has 1 aliphatic rings. The Labute approximate surface area is 147 Å². The van der Waals surface area contributed by atoms with Crippen molar-refractivity contribution in [1.29, 1.82) is 0 Å². The molecule has 0 radical (unpaired) electrons. The number of carbonyl (C=O) groups excluding carboxylic acids is 3. The van der Waals surface area contributed by atoms with Gasteiger partial charge in [0.05, 0.1) is 18.8 Å². The average molecular weight is 374 g/mol. The molecule has 1 saturated heterocycles. The van der Waals surface area contributed by atoms with Crippen LogP contribution in [0.2, 0.25) is 0 Å². The van der Waals surface area contributed by atoms with Gasteiger partial charge in [0.15, 0.2) is 6.61 Å². The highest BCUT2D eigenvalue weighted by Crippen LogP contribution is 2.29. The van der Waals surface area contributed by atoms with Crippen LogP contribution in [0.5, 0.6) is 0 Å². The Balaban J connectivity index is 1.74. The maximum atomic E-state index is 12.5. The second-order valence-electron chi connectivity index (χ2n) is 5.41. The quantitative estimate of drug-likeness (QED) is 0.772. The van der Waals surface area contributed by atoms with Crippen LogP contribution in [0.3, 0.4) is 0 Å². The van der Waals surface area contributed by atoms with Crippen molar-refractivity contribution in [3.05, 3.63) is 35.4 Å². The van der Waals surface area contributed by atoms with Gasteiger partial charge in [0.2, 0.25) is 0 Å². The molecule has 7 nitrogen and oxygen atoms in total. The minimum Gasteiger partial charge on any atom is -0.454 e. The van der Waals surface area contributed by atoms with Gasteiger partial charge >= 0.3 is 12.1 Å². The predicted octanol–water partition coefficient (Wildman–Crippen LogP) is 0.837. The van der Waals surface area contributed by atoms with Crippen LogP contribution in [0.15, 0.2) is 24.3 Å². The summed E-state index contributed by atoms with van der Waals surface area (Å²) in [4.78, 5) is 36.7. The van der Waals surface area contributed by atoms with Gasteiger partial charge in [-0.25, -0.2) is 0 Å². The molecule has 26 heavy (non-hydrogen) atoms.